The lowest BCUT2D eigenvalue weighted by Crippen LogP contribution is -2.46. The van der Waals surface area contributed by atoms with E-state index in [2.05, 4.69) is 10.6 Å². The summed E-state index contributed by atoms with van der Waals surface area (Å²) in [6.45, 7) is 0. The summed E-state index contributed by atoms with van der Waals surface area (Å²) in [5.41, 5.74) is 1.98. The molecule has 2 unspecified atom stereocenters. The maximum Gasteiger partial charge on any atom is 0.416 e. The summed E-state index contributed by atoms with van der Waals surface area (Å²) in [4.78, 5) is 12.8. The van der Waals surface area contributed by atoms with Crippen molar-refractivity contribution >= 4 is 5.91 Å². The molecule has 0 aromatic heterocycles. The smallest absolute Gasteiger partial charge is 0.416 e. The maximum absolute atomic E-state index is 12.9. The third-order valence-electron chi connectivity index (χ3n) is 6.06. The second-order valence-corrected chi connectivity index (χ2v) is 8.42. The van der Waals surface area contributed by atoms with Crippen LogP contribution in [0.2, 0.25) is 0 Å². The molecule has 2 atom stereocenters. The van der Waals surface area contributed by atoms with Crippen LogP contribution in [0.1, 0.15) is 34.7 Å². The SMILES string of the molecule is CNC(=O)C(Cc1ccccc1)NC(CCc1ccc(C(F)(F)F)cc1)c1ccc(OC)c(OC)c1. The summed E-state index contributed by atoms with van der Waals surface area (Å²) in [5, 5.41) is 6.20. The van der Waals surface area contributed by atoms with Gasteiger partial charge in [0.2, 0.25) is 5.91 Å². The fourth-order valence-electron chi connectivity index (χ4n) is 4.08. The molecule has 0 aliphatic carbocycles. The number of hydrogen-bond acceptors (Lipinski definition) is 4. The topological polar surface area (TPSA) is 59.6 Å². The van der Waals surface area contributed by atoms with Gasteiger partial charge in [0.05, 0.1) is 25.8 Å². The van der Waals surface area contributed by atoms with E-state index >= 15 is 0 Å². The Morgan fingerprint density at radius 1 is 0.889 bits per heavy atom. The Labute approximate surface area is 209 Å². The number of alkyl halides is 3. The average Bonchev–Trinajstić information content (AvgIpc) is 2.89. The monoisotopic (exact) mass is 500 g/mol. The number of halogens is 3. The van der Waals surface area contributed by atoms with Crippen LogP contribution in [-0.2, 0) is 23.8 Å². The Hall–Kier alpha value is -3.52. The van der Waals surface area contributed by atoms with E-state index in [0.29, 0.717) is 30.8 Å². The minimum Gasteiger partial charge on any atom is -0.493 e. The van der Waals surface area contributed by atoms with E-state index in [1.54, 1.807) is 27.3 Å². The highest BCUT2D eigenvalue weighted by molar-refractivity contribution is 5.81. The van der Waals surface area contributed by atoms with Crippen molar-refractivity contribution in [2.45, 2.75) is 37.5 Å². The maximum atomic E-state index is 12.9. The second kappa shape index (κ2) is 12.4. The van der Waals surface area contributed by atoms with Gasteiger partial charge in [-0.25, -0.2) is 0 Å². The van der Waals surface area contributed by atoms with Crippen LogP contribution in [0.5, 0.6) is 11.5 Å². The molecule has 192 valence electrons. The molecule has 0 fully saturated rings. The molecule has 0 spiro atoms. The molecule has 3 aromatic rings. The van der Waals surface area contributed by atoms with E-state index in [1.807, 2.05) is 42.5 Å². The van der Waals surface area contributed by atoms with Crippen LogP contribution < -0.4 is 20.1 Å². The molecule has 3 aromatic carbocycles. The van der Waals surface area contributed by atoms with Gasteiger partial charge in [-0.15, -0.1) is 0 Å². The molecule has 0 aliphatic rings. The van der Waals surface area contributed by atoms with E-state index < -0.39 is 17.8 Å². The van der Waals surface area contributed by atoms with Gasteiger partial charge in [-0.05, 0) is 60.2 Å². The molecule has 3 rings (SSSR count). The van der Waals surface area contributed by atoms with Crippen molar-refractivity contribution < 1.29 is 27.4 Å². The minimum atomic E-state index is -4.37. The van der Waals surface area contributed by atoms with E-state index in [4.69, 9.17) is 9.47 Å². The van der Waals surface area contributed by atoms with Crippen molar-refractivity contribution in [3.05, 3.63) is 95.1 Å². The number of carbonyl (C=O) groups excluding carboxylic acids is 1. The normalized spacial score (nSPS) is 13.1. The van der Waals surface area contributed by atoms with E-state index in [1.165, 1.54) is 12.1 Å². The van der Waals surface area contributed by atoms with E-state index in [0.717, 1.165) is 28.8 Å². The lowest BCUT2D eigenvalue weighted by Gasteiger charge is -2.26. The van der Waals surface area contributed by atoms with Crippen molar-refractivity contribution in [2.24, 2.45) is 0 Å². The quantitative estimate of drug-likeness (QED) is 0.373. The lowest BCUT2D eigenvalue weighted by atomic mass is 9.95. The summed E-state index contributed by atoms with van der Waals surface area (Å²) in [7, 11) is 4.70. The zero-order valence-corrected chi connectivity index (χ0v) is 20.6. The fraction of sp³-hybridized carbons (Fsp3) is 0.321. The van der Waals surface area contributed by atoms with Gasteiger partial charge in [-0.1, -0.05) is 48.5 Å². The number of aryl methyl sites for hydroxylation is 1. The second-order valence-electron chi connectivity index (χ2n) is 8.42. The molecule has 0 aliphatic heterocycles. The number of carbonyl (C=O) groups is 1. The van der Waals surface area contributed by atoms with Gasteiger partial charge in [0.25, 0.3) is 0 Å². The minimum absolute atomic E-state index is 0.154. The molecule has 1 amide bonds. The first kappa shape index (κ1) is 27.1. The number of benzene rings is 3. The molecule has 0 bridgehead atoms. The third kappa shape index (κ3) is 7.24. The summed E-state index contributed by atoms with van der Waals surface area (Å²) < 4.78 is 49.7. The van der Waals surface area contributed by atoms with Crippen LogP contribution >= 0.6 is 0 Å². The number of hydrogen-bond donors (Lipinski definition) is 2. The van der Waals surface area contributed by atoms with Crippen LogP contribution in [0.25, 0.3) is 0 Å². The molecular formula is C28H31F3N2O3. The summed E-state index contributed by atoms with van der Waals surface area (Å²) in [6, 6.07) is 19.6. The van der Waals surface area contributed by atoms with Crippen LogP contribution in [0.3, 0.4) is 0 Å². The molecular weight excluding hydrogens is 469 g/mol. The van der Waals surface area contributed by atoms with Gasteiger partial charge in [0.1, 0.15) is 0 Å². The Morgan fingerprint density at radius 3 is 2.14 bits per heavy atom. The molecule has 0 heterocycles. The first-order valence-corrected chi connectivity index (χ1v) is 11.6. The number of methoxy groups -OCH3 is 2. The highest BCUT2D eigenvalue weighted by Gasteiger charge is 2.30. The summed E-state index contributed by atoms with van der Waals surface area (Å²) >= 11 is 0. The van der Waals surface area contributed by atoms with Crippen molar-refractivity contribution in [1.29, 1.82) is 0 Å². The number of likely N-dealkylation sites (N-methyl/N-ethyl adjacent to an activating group) is 1. The van der Waals surface area contributed by atoms with Gasteiger partial charge >= 0.3 is 6.18 Å². The number of nitrogens with one attached hydrogen (secondary N) is 2. The van der Waals surface area contributed by atoms with Gasteiger partial charge in [0.15, 0.2) is 11.5 Å². The summed E-state index contributed by atoms with van der Waals surface area (Å²) in [5.74, 6) is 0.976. The van der Waals surface area contributed by atoms with E-state index in [9.17, 15) is 18.0 Å². The highest BCUT2D eigenvalue weighted by atomic mass is 19.4. The largest absolute Gasteiger partial charge is 0.493 e. The van der Waals surface area contributed by atoms with Crippen molar-refractivity contribution in [3.63, 3.8) is 0 Å². The first-order valence-electron chi connectivity index (χ1n) is 11.6. The molecule has 36 heavy (non-hydrogen) atoms. The highest BCUT2D eigenvalue weighted by Crippen LogP contribution is 2.33. The predicted octanol–water partition coefficient (Wildman–Crippen LogP) is 5.34. The molecule has 0 saturated carbocycles. The molecule has 0 radical (unpaired) electrons. The van der Waals surface area contributed by atoms with Gasteiger partial charge in [-0.3, -0.25) is 10.1 Å². The summed E-state index contributed by atoms with van der Waals surface area (Å²) in [6.07, 6.45) is -2.84. The van der Waals surface area contributed by atoms with Gasteiger partial charge < -0.3 is 14.8 Å². The Morgan fingerprint density at radius 2 is 1.56 bits per heavy atom. The Kier molecular flexibility index (Phi) is 9.36. The molecule has 5 nitrogen and oxygen atoms in total. The Balaban J connectivity index is 1.87. The van der Waals surface area contributed by atoms with Crippen LogP contribution in [-0.4, -0.2) is 33.2 Å². The Bertz CT molecular complexity index is 1120. The number of ether oxygens (including phenoxy) is 2. The van der Waals surface area contributed by atoms with Crippen LogP contribution in [0.15, 0.2) is 72.8 Å². The zero-order valence-electron chi connectivity index (χ0n) is 20.6. The average molecular weight is 501 g/mol. The molecule has 8 heteroatoms. The van der Waals surface area contributed by atoms with Gasteiger partial charge in [-0.2, -0.15) is 13.2 Å². The predicted molar refractivity (Wildman–Crippen MR) is 133 cm³/mol. The standard InChI is InChI=1S/C28H31F3N2O3/c1-32-27(34)24(17-20-7-5-4-6-8-20)33-23(21-12-16-25(35-2)26(18-21)36-3)15-11-19-9-13-22(14-10-19)28(29,30)31/h4-10,12-14,16,18,23-24,33H,11,15,17H2,1-3H3,(H,32,34). The zero-order chi connectivity index (χ0) is 26.1. The van der Waals surface area contributed by atoms with E-state index in [-0.39, 0.29) is 11.9 Å². The first-order chi connectivity index (χ1) is 17.2. The molecule has 0 saturated heterocycles. The van der Waals surface area contributed by atoms with Gasteiger partial charge in [0, 0.05) is 13.1 Å². The number of amides is 1. The fourth-order valence-corrected chi connectivity index (χ4v) is 4.08. The van der Waals surface area contributed by atoms with Crippen molar-refractivity contribution in [2.75, 3.05) is 21.3 Å². The van der Waals surface area contributed by atoms with Crippen molar-refractivity contribution in [3.8, 4) is 11.5 Å². The lowest BCUT2D eigenvalue weighted by molar-refractivity contribution is -0.137. The molecule has 2 N–H and O–H groups in total. The van der Waals surface area contributed by atoms with Crippen LogP contribution in [0.4, 0.5) is 13.2 Å². The van der Waals surface area contributed by atoms with Crippen molar-refractivity contribution in [1.82, 2.24) is 10.6 Å². The number of rotatable bonds is 11. The van der Waals surface area contributed by atoms with Crippen LogP contribution in [0, 0.1) is 0 Å². The third-order valence-corrected chi connectivity index (χ3v) is 6.06.